The first-order chi connectivity index (χ1) is 10.8. The summed E-state index contributed by atoms with van der Waals surface area (Å²) in [7, 11) is 0. The highest BCUT2D eigenvalue weighted by Gasteiger charge is 2.44. The minimum Gasteiger partial charge on any atom is -0.394 e. The van der Waals surface area contributed by atoms with Gasteiger partial charge in [-0.25, -0.2) is 0 Å². The lowest BCUT2D eigenvalue weighted by atomic mass is 9.99. The van der Waals surface area contributed by atoms with Gasteiger partial charge in [0.2, 0.25) is 5.91 Å². The lowest BCUT2D eigenvalue weighted by Crippen LogP contribution is -2.60. The number of hydrogen-bond donors (Lipinski definition) is 6. The number of aliphatic hydroxyl groups is 5. The standard InChI is InChI=1S/C14H25NO8/c1-3-4-9(18)8(15-7(2)17)6-22-14-13(21)12(20)11(19)10(5-16)23-14/h3-4,8-14,16,18-21H,5-6H2,1-2H3,(H,15,17)/b4-3+/t8-,9-,10?,11?,12?,13?,14?/m0/s1. The minimum absolute atomic E-state index is 0.215. The van der Waals surface area contributed by atoms with Gasteiger partial charge in [0.25, 0.3) is 0 Å². The molecule has 1 rings (SSSR count). The fraction of sp³-hybridized carbons (Fsp3) is 0.786. The molecule has 0 aromatic rings. The first-order valence-corrected chi connectivity index (χ1v) is 7.31. The normalized spacial score (nSPS) is 34.3. The molecule has 5 unspecified atom stereocenters. The zero-order valence-electron chi connectivity index (χ0n) is 13.1. The Labute approximate surface area is 134 Å². The van der Waals surface area contributed by atoms with Crippen molar-refractivity contribution in [3.63, 3.8) is 0 Å². The molecule has 0 aromatic carbocycles. The van der Waals surface area contributed by atoms with Crippen molar-refractivity contribution in [3.05, 3.63) is 12.2 Å². The second-order valence-corrected chi connectivity index (χ2v) is 5.35. The van der Waals surface area contributed by atoms with E-state index in [4.69, 9.17) is 14.6 Å². The van der Waals surface area contributed by atoms with Crippen LogP contribution in [0.4, 0.5) is 0 Å². The van der Waals surface area contributed by atoms with Gasteiger partial charge in [0.1, 0.15) is 24.4 Å². The van der Waals surface area contributed by atoms with Gasteiger partial charge in [-0.1, -0.05) is 12.2 Å². The van der Waals surface area contributed by atoms with Gasteiger partial charge >= 0.3 is 0 Å². The number of carbonyl (C=O) groups is 1. The topological polar surface area (TPSA) is 149 Å². The van der Waals surface area contributed by atoms with E-state index in [-0.39, 0.29) is 12.5 Å². The summed E-state index contributed by atoms with van der Waals surface area (Å²) in [5.41, 5.74) is 0. The number of rotatable bonds is 7. The fourth-order valence-corrected chi connectivity index (χ4v) is 2.22. The second-order valence-electron chi connectivity index (χ2n) is 5.35. The Kier molecular flexibility index (Phi) is 8.06. The number of carbonyl (C=O) groups excluding carboxylic acids is 1. The van der Waals surface area contributed by atoms with Crippen LogP contribution in [0.15, 0.2) is 12.2 Å². The molecule has 0 spiro atoms. The van der Waals surface area contributed by atoms with Crippen LogP contribution in [-0.4, -0.2) is 87.5 Å². The van der Waals surface area contributed by atoms with Crippen LogP contribution in [0.2, 0.25) is 0 Å². The molecule has 0 saturated carbocycles. The highest BCUT2D eigenvalue weighted by atomic mass is 16.7. The van der Waals surface area contributed by atoms with Gasteiger partial charge in [-0.15, -0.1) is 0 Å². The van der Waals surface area contributed by atoms with Crippen LogP contribution in [-0.2, 0) is 14.3 Å². The van der Waals surface area contributed by atoms with Crippen LogP contribution in [0.1, 0.15) is 13.8 Å². The van der Waals surface area contributed by atoms with Crippen LogP contribution >= 0.6 is 0 Å². The zero-order valence-corrected chi connectivity index (χ0v) is 13.1. The molecular formula is C14H25NO8. The van der Waals surface area contributed by atoms with Crippen molar-refractivity contribution in [1.82, 2.24) is 5.32 Å². The van der Waals surface area contributed by atoms with E-state index in [9.17, 15) is 25.2 Å². The molecule has 1 heterocycles. The summed E-state index contributed by atoms with van der Waals surface area (Å²) in [4.78, 5) is 11.2. The Hall–Kier alpha value is -1.07. The van der Waals surface area contributed by atoms with E-state index in [2.05, 4.69) is 5.32 Å². The number of ether oxygens (including phenoxy) is 2. The molecule has 1 aliphatic rings. The van der Waals surface area contributed by atoms with Gasteiger partial charge in [0.05, 0.1) is 25.4 Å². The smallest absolute Gasteiger partial charge is 0.217 e. The molecule has 0 bridgehead atoms. The number of aliphatic hydroxyl groups excluding tert-OH is 5. The molecule has 9 heteroatoms. The van der Waals surface area contributed by atoms with Gasteiger partial charge < -0.3 is 40.3 Å². The zero-order chi connectivity index (χ0) is 17.6. The molecule has 1 amide bonds. The number of allylic oxidation sites excluding steroid dienone is 1. The molecule has 23 heavy (non-hydrogen) atoms. The van der Waals surface area contributed by atoms with Crippen molar-refractivity contribution in [2.24, 2.45) is 0 Å². The molecule has 1 fully saturated rings. The van der Waals surface area contributed by atoms with Crippen LogP contribution < -0.4 is 5.32 Å². The maximum Gasteiger partial charge on any atom is 0.217 e. The van der Waals surface area contributed by atoms with E-state index < -0.39 is 49.5 Å². The predicted molar refractivity (Wildman–Crippen MR) is 78.1 cm³/mol. The lowest BCUT2D eigenvalue weighted by Gasteiger charge is -2.40. The lowest BCUT2D eigenvalue weighted by molar-refractivity contribution is -0.302. The molecule has 6 N–H and O–H groups in total. The largest absolute Gasteiger partial charge is 0.394 e. The highest BCUT2D eigenvalue weighted by Crippen LogP contribution is 2.22. The monoisotopic (exact) mass is 335 g/mol. The summed E-state index contributed by atoms with van der Waals surface area (Å²) >= 11 is 0. The van der Waals surface area contributed by atoms with E-state index >= 15 is 0 Å². The number of hydrogen-bond acceptors (Lipinski definition) is 8. The van der Waals surface area contributed by atoms with Crippen LogP contribution in [0.5, 0.6) is 0 Å². The molecule has 7 atom stereocenters. The summed E-state index contributed by atoms with van der Waals surface area (Å²) in [6.07, 6.45) is -4.93. The van der Waals surface area contributed by atoms with E-state index in [1.807, 2.05) is 0 Å². The van der Waals surface area contributed by atoms with Crippen LogP contribution in [0, 0.1) is 0 Å². The molecule has 0 aromatic heterocycles. The average molecular weight is 335 g/mol. The molecule has 1 saturated heterocycles. The van der Waals surface area contributed by atoms with Crippen molar-refractivity contribution in [2.75, 3.05) is 13.2 Å². The van der Waals surface area contributed by atoms with Gasteiger partial charge in [-0.2, -0.15) is 0 Å². The van der Waals surface area contributed by atoms with Crippen molar-refractivity contribution < 1.29 is 39.8 Å². The van der Waals surface area contributed by atoms with E-state index in [1.165, 1.54) is 13.0 Å². The Morgan fingerprint density at radius 3 is 2.48 bits per heavy atom. The van der Waals surface area contributed by atoms with Crippen molar-refractivity contribution in [1.29, 1.82) is 0 Å². The summed E-state index contributed by atoms with van der Waals surface area (Å²) in [6, 6.07) is -0.795. The van der Waals surface area contributed by atoms with Crippen molar-refractivity contribution in [3.8, 4) is 0 Å². The van der Waals surface area contributed by atoms with Gasteiger partial charge in [0.15, 0.2) is 6.29 Å². The van der Waals surface area contributed by atoms with Crippen LogP contribution in [0.3, 0.4) is 0 Å². The Bertz CT molecular complexity index is 402. The summed E-state index contributed by atoms with van der Waals surface area (Å²) < 4.78 is 10.5. The molecular weight excluding hydrogens is 310 g/mol. The van der Waals surface area contributed by atoms with Crippen molar-refractivity contribution >= 4 is 5.91 Å². The average Bonchev–Trinajstić information content (AvgIpc) is 2.50. The third-order valence-corrected chi connectivity index (χ3v) is 3.48. The van der Waals surface area contributed by atoms with Gasteiger partial charge in [-0.3, -0.25) is 4.79 Å². The third-order valence-electron chi connectivity index (χ3n) is 3.48. The molecule has 9 nitrogen and oxygen atoms in total. The first kappa shape index (κ1) is 20.0. The van der Waals surface area contributed by atoms with E-state index in [0.717, 1.165) is 0 Å². The maximum absolute atomic E-state index is 11.2. The predicted octanol–water partition coefficient (Wildman–Crippen LogP) is -2.76. The van der Waals surface area contributed by atoms with E-state index in [0.29, 0.717) is 0 Å². The quantitative estimate of drug-likeness (QED) is 0.274. The Balaban J connectivity index is 2.69. The third kappa shape index (κ3) is 5.50. The molecule has 134 valence electrons. The SMILES string of the molecule is C/C=C/[C@H](O)[C@H](COC1OC(CO)C(O)C(O)C1O)NC(C)=O. The Morgan fingerprint density at radius 1 is 1.30 bits per heavy atom. The molecule has 1 aliphatic heterocycles. The number of amides is 1. The molecule has 0 radical (unpaired) electrons. The summed E-state index contributed by atoms with van der Waals surface area (Å²) in [6.45, 7) is 2.20. The van der Waals surface area contributed by atoms with Gasteiger partial charge in [-0.05, 0) is 6.92 Å². The van der Waals surface area contributed by atoms with E-state index in [1.54, 1.807) is 13.0 Å². The minimum atomic E-state index is -1.55. The molecule has 0 aliphatic carbocycles. The highest BCUT2D eigenvalue weighted by molar-refractivity contribution is 5.73. The number of nitrogens with one attached hydrogen (secondary N) is 1. The summed E-state index contributed by atoms with van der Waals surface area (Å²) in [5.74, 6) is -0.379. The van der Waals surface area contributed by atoms with Crippen molar-refractivity contribution in [2.45, 2.75) is 56.7 Å². The fourth-order valence-electron chi connectivity index (χ4n) is 2.22. The van der Waals surface area contributed by atoms with Gasteiger partial charge in [0, 0.05) is 6.92 Å². The Morgan fingerprint density at radius 2 is 1.96 bits per heavy atom. The summed E-state index contributed by atoms with van der Waals surface area (Å²) in [5, 5.41) is 50.7. The second kappa shape index (κ2) is 9.28. The van der Waals surface area contributed by atoms with Crippen LogP contribution in [0.25, 0.3) is 0 Å². The first-order valence-electron chi connectivity index (χ1n) is 7.31. The maximum atomic E-state index is 11.2.